The van der Waals surface area contributed by atoms with Crippen molar-refractivity contribution in [2.24, 2.45) is 0 Å². The molecule has 14 heavy (non-hydrogen) atoms. The summed E-state index contributed by atoms with van der Waals surface area (Å²) in [5.41, 5.74) is 1.64. The van der Waals surface area contributed by atoms with Crippen LogP contribution < -0.4 is 0 Å². The molecule has 0 amide bonds. The molecule has 0 saturated carbocycles. The zero-order valence-corrected chi connectivity index (χ0v) is 9.02. The van der Waals surface area contributed by atoms with E-state index in [2.05, 4.69) is 4.98 Å². The van der Waals surface area contributed by atoms with Crippen molar-refractivity contribution in [3.05, 3.63) is 33.9 Å². The van der Waals surface area contributed by atoms with E-state index in [1.807, 2.05) is 0 Å². The van der Waals surface area contributed by atoms with E-state index in [1.54, 1.807) is 25.3 Å². The first-order valence-electron chi connectivity index (χ1n) is 4.23. The van der Waals surface area contributed by atoms with Crippen LogP contribution in [0.2, 0.25) is 10.0 Å². The van der Waals surface area contributed by atoms with Crippen molar-refractivity contribution >= 4 is 34.1 Å². The summed E-state index contributed by atoms with van der Waals surface area (Å²) >= 11 is 11.9. The van der Waals surface area contributed by atoms with Gasteiger partial charge in [0.05, 0.1) is 11.1 Å². The highest BCUT2D eigenvalue weighted by molar-refractivity contribution is 6.38. The first-order chi connectivity index (χ1) is 6.59. The van der Waals surface area contributed by atoms with E-state index < -0.39 is 6.10 Å². The Morgan fingerprint density at radius 1 is 1.36 bits per heavy atom. The second kappa shape index (κ2) is 3.46. The molecule has 0 bridgehead atoms. The second-order valence-corrected chi connectivity index (χ2v) is 4.07. The van der Waals surface area contributed by atoms with E-state index in [-0.39, 0.29) is 0 Å². The summed E-state index contributed by atoms with van der Waals surface area (Å²) in [6.45, 7) is 1.70. The summed E-state index contributed by atoms with van der Waals surface area (Å²) in [5, 5.41) is 11.5. The molecular weight excluding hydrogens is 221 g/mol. The fraction of sp³-hybridized carbons (Fsp3) is 0.200. The highest BCUT2D eigenvalue weighted by Gasteiger charge is 2.12. The number of hydrogen-bond donors (Lipinski definition) is 2. The Hall–Kier alpha value is -0.700. The largest absolute Gasteiger partial charge is 0.389 e. The standard InChI is InChI=1S/C10H9Cl2NO/c1-5(14)7-4-13-9-3-6(11)2-8(12)10(7)9/h2-5,13-14H,1H3/t5-/m1/s1. The molecule has 4 heteroatoms. The molecule has 2 rings (SSSR count). The van der Waals surface area contributed by atoms with Crippen LogP contribution in [0, 0.1) is 0 Å². The molecule has 1 atom stereocenters. The number of aliphatic hydroxyl groups is 1. The Kier molecular flexibility index (Phi) is 2.43. The number of fused-ring (bicyclic) bond motifs is 1. The molecule has 0 radical (unpaired) electrons. The summed E-state index contributed by atoms with van der Waals surface area (Å²) in [5.74, 6) is 0. The van der Waals surface area contributed by atoms with E-state index >= 15 is 0 Å². The maximum atomic E-state index is 9.49. The van der Waals surface area contributed by atoms with Gasteiger partial charge >= 0.3 is 0 Å². The fourth-order valence-corrected chi connectivity index (χ4v) is 2.14. The smallest absolute Gasteiger partial charge is 0.0783 e. The van der Waals surface area contributed by atoms with Crippen LogP contribution in [0.5, 0.6) is 0 Å². The van der Waals surface area contributed by atoms with Gasteiger partial charge in [0.15, 0.2) is 0 Å². The van der Waals surface area contributed by atoms with Gasteiger partial charge in [0, 0.05) is 27.7 Å². The maximum Gasteiger partial charge on any atom is 0.0783 e. The monoisotopic (exact) mass is 229 g/mol. The fourth-order valence-electron chi connectivity index (χ4n) is 1.54. The molecular formula is C10H9Cl2NO. The third-order valence-electron chi connectivity index (χ3n) is 2.18. The lowest BCUT2D eigenvalue weighted by Gasteiger charge is -2.03. The lowest BCUT2D eigenvalue weighted by Crippen LogP contribution is -1.88. The average Bonchev–Trinajstić information content (AvgIpc) is 2.47. The van der Waals surface area contributed by atoms with Gasteiger partial charge in [0.25, 0.3) is 0 Å². The van der Waals surface area contributed by atoms with Gasteiger partial charge in [0.2, 0.25) is 0 Å². The van der Waals surface area contributed by atoms with E-state index in [0.29, 0.717) is 10.0 Å². The van der Waals surface area contributed by atoms with Gasteiger partial charge in [-0.05, 0) is 19.1 Å². The van der Waals surface area contributed by atoms with Crippen LogP contribution in [0.4, 0.5) is 0 Å². The molecule has 0 aliphatic rings. The Bertz CT molecular complexity index is 476. The number of aromatic nitrogens is 1. The molecule has 1 aromatic heterocycles. The zero-order valence-electron chi connectivity index (χ0n) is 7.51. The molecule has 0 spiro atoms. The molecule has 0 unspecified atom stereocenters. The summed E-state index contributed by atoms with van der Waals surface area (Å²) in [6, 6.07) is 3.46. The molecule has 0 aliphatic heterocycles. The van der Waals surface area contributed by atoms with Crippen LogP contribution in [0.1, 0.15) is 18.6 Å². The van der Waals surface area contributed by atoms with Gasteiger partial charge in [-0.25, -0.2) is 0 Å². The number of nitrogens with one attached hydrogen (secondary N) is 1. The van der Waals surface area contributed by atoms with Gasteiger partial charge in [0.1, 0.15) is 0 Å². The SMILES string of the molecule is C[C@@H](O)c1c[nH]c2cc(Cl)cc(Cl)c12. The molecule has 0 fully saturated rings. The van der Waals surface area contributed by atoms with Gasteiger partial charge in [-0.3, -0.25) is 0 Å². The predicted octanol–water partition coefficient (Wildman–Crippen LogP) is 3.53. The number of halogens is 2. The van der Waals surface area contributed by atoms with E-state index in [0.717, 1.165) is 16.5 Å². The van der Waals surface area contributed by atoms with Crippen LogP contribution >= 0.6 is 23.2 Å². The number of benzene rings is 1. The van der Waals surface area contributed by atoms with Crippen molar-refractivity contribution in [2.45, 2.75) is 13.0 Å². The summed E-state index contributed by atoms with van der Waals surface area (Å²) in [7, 11) is 0. The minimum Gasteiger partial charge on any atom is -0.389 e. The summed E-state index contributed by atoms with van der Waals surface area (Å²) in [6.07, 6.45) is 1.21. The number of aromatic amines is 1. The minimum atomic E-state index is -0.539. The topological polar surface area (TPSA) is 36.0 Å². The molecule has 1 aromatic carbocycles. The first kappa shape index (κ1) is 9.84. The van der Waals surface area contributed by atoms with E-state index in [4.69, 9.17) is 23.2 Å². The Morgan fingerprint density at radius 2 is 2.07 bits per heavy atom. The highest BCUT2D eigenvalue weighted by atomic mass is 35.5. The van der Waals surface area contributed by atoms with Gasteiger partial charge in [-0.15, -0.1) is 0 Å². The third kappa shape index (κ3) is 1.50. The van der Waals surface area contributed by atoms with Crippen LogP contribution in [0.15, 0.2) is 18.3 Å². The molecule has 74 valence electrons. The third-order valence-corrected chi connectivity index (χ3v) is 2.69. The minimum absolute atomic E-state index is 0.539. The van der Waals surface area contributed by atoms with Crippen molar-refractivity contribution in [1.29, 1.82) is 0 Å². The first-order valence-corrected chi connectivity index (χ1v) is 4.99. The number of rotatable bonds is 1. The van der Waals surface area contributed by atoms with Crippen molar-refractivity contribution < 1.29 is 5.11 Å². The van der Waals surface area contributed by atoms with Crippen molar-refractivity contribution in [3.8, 4) is 0 Å². The van der Waals surface area contributed by atoms with E-state index in [9.17, 15) is 5.11 Å². The van der Waals surface area contributed by atoms with Crippen LogP contribution in [-0.2, 0) is 0 Å². The van der Waals surface area contributed by atoms with Crippen molar-refractivity contribution in [2.75, 3.05) is 0 Å². The van der Waals surface area contributed by atoms with E-state index in [1.165, 1.54) is 0 Å². The van der Waals surface area contributed by atoms with Crippen LogP contribution in [0.3, 0.4) is 0 Å². The summed E-state index contributed by atoms with van der Waals surface area (Å²) in [4.78, 5) is 3.02. The highest BCUT2D eigenvalue weighted by Crippen LogP contribution is 2.32. The number of aliphatic hydroxyl groups excluding tert-OH is 1. The number of H-pyrrole nitrogens is 1. The Morgan fingerprint density at radius 3 is 2.71 bits per heavy atom. The zero-order chi connectivity index (χ0) is 10.3. The average molecular weight is 230 g/mol. The van der Waals surface area contributed by atoms with Gasteiger partial charge in [-0.2, -0.15) is 0 Å². The molecule has 0 aliphatic carbocycles. The molecule has 2 N–H and O–H groups in total. The summed E-state index contributed by atoms with van der Waals surface area (Å²) < 4.78 is 0. The molecule has 1 heterocycles. The Balaban J connectivity index is 2.79. The Labute approximate surface area is 91.5 Å². The predicted molar refractivity (Wildman–Crippen MR) is 59.0 cm³/mol. The maximum absolute atomic E-state index is 9.49. The quantitative estimate of drug-likeness (QED) is 0.772. The van der Waals surface area contributed by atoms with Gasteiger partial charge in [-0.1, -0.05) is 23.2 Å². The van der Waals surface area contributed by atoms with Crippen LogP contribution in [0.25, 0.3) is 10.9 Å². The van der Waals surface area contributed by atoms with Crippen LogP contribution in [-0.4, -0.2) is 10.1 Å². The molecule has 0 saturated heterocycles. The molecule has 2 aromatic rings. The number of hydrogen-bond acceptors (Lipinski definition) is 1. The normalized spacial score (nSPS) is 13.4. The second-order valence-electron chi connectivity index (χ2n) is 3.23. The van der Waals surface area contributed by atoms with Crippen molar-refractivity contribution in [3.63, 3.8) is 0 Å². The lowest BCUT2D eigenvalue weighted by molar-refractivity contribution is 0.201. The van der Waals surface area contributed by atoms with Crippen molar-refractivity contribution in [1.82, 2.24) is 4.98 Å². The molecule has 2 nitrogen and oxygen atoms in total. The van der Waals surface area contributed by atoms with Gasteiger partial charge < -0.3 is 10.1 Å². The lowest BCUT2D eigenvalue weighted by atomic mass is 10.1.